The molecular weight excluding hydrogens is 702 g/mol. The average molecular weight is 747 g/mol. The van der Waals surface area contributed by atoms with Crippen LogP contribution in [0.4, 0.5) is 13.6 Å². The Morgan fingerprint density at radius 2 is 1.77 bits per heavy atom. The summed E-state index contributed by atoms with van der Waals surface area (Å²) in [5.41, 5.74) is 2.99. The second kappa shape index (κ2) is 14.6. The molecule has 3 heterocycles. The highest BCUT2D eigenvalue weighted by Crippen LogP contribution is 2.46. The lowest BCUT2D eigenvalue weighted by Crippen LogP contribution is -2.57. The summed E-state index contributed by atoms with van der Waals surface area (Å²) in [5.74, 6) is -8.55. The van der Waals surface area contributed by atoms with Crippen molar-refractivity contribution in [1.29, 1.82) is 0 Å². The number of nitrogens with zero attached hydrogens (tertiary/aromatic N) is 2. The van der Waals surface area contributed by atoms with Crippen LogP contribution in [-0.4, -0.2) is 89.5 Å². The minimum absolute atomic E-state index is 0.0000276. The standard InChI is InChI=1S/C36H44F2N4O9S/c1-22(2)50-30(43)16-23-13-15-35(37,38)14-7-3-4-10-26-18-36(26,33(46)40-52(48,49)28-11-12-28)39-31(44)29-17-27(21-42(29)32(23)45)51-34(47)41-19-24-8-5-6-9-25(24)20-41/h3,5-6,8-10,22-23,26-29H,7,11-21H2,1-2H3,(H,39,44)(H,40,46)/t4?,23-,26-,27-,29+,36-/m1/s1. The number of amides is 4. The highest BCUT2D eigenvalue weighted by Gasteiger charge is 2.62. The molecule has 0 radical (unpaired) electrons. The third-order valence-corrected chi connectivity index (χ3v) is 12.1. The third kappa shape index (κ3) is 8.49. The normalized spacial score (nSPS) is 28.8. The Kier molecular flexibility index (Phi) is 10.5. The Balaban J connectivity index is 1.29. The molecule has 6 rings (SSSR count). The first-order chi connectivity index (χ1) is 24.6. The number of carbonyl (C=O) groups is 5. The quantitative estimate of drug-likeness (QED) is 0.314. The predicted octanol–water partition coefficient (Wildman–Crippen LogP) is 3.47. The zero-order valence-electron chi connectivity index (χ0n) is 29.1. The Morgan fingerprint density at radius 3 is 2.42 bits per heavy atom. The van der Waals surface area contributed by atoms with E-state index in [0.717, 1.165) is 16.0 Å². The number of benzene rings is 1. The lowest BCUT2D eigenvalue weighted by molar-refractivity contribution is -0.153. The minimum atomic E-state index is -4.00. The first kappa shape index (κ1) is 37.5. The molecule has 1 saturated heterocycles. The van der Waals surface area contributed by atoms with Crippen LogP contribution in [0.1, 0.15) is 82.8 Å². The van der Waals surface area contributed by atoms with Crippen molar-refractivity contribution >= 4 is 39.8 Å². The van der Waals surface area contributed by atoms with Crippen LogP contribution in [0.15, 0.2) is 42.1 Å². The molecular formula is C36H44F2N4O9S. The van der Waals surface area contributed by atoms with E-state index in [2.05, 4.69) is 15.8 Å². The minimum Gasteiger partial charge on any atom is -0.463 e. The molecule has 0 aromatic heterocycles. The van der Waals surface area contributed by atoms with Crippen LogP contribution in [-0.2, 0) is 51.8 Å². The van der Waals surface area contributed by atoms with Gasteiger partial charge in [-0.15, -0.1) is 5.73 Å². The van der Waals surface area contributed by atoms with Gasteiger partial charge < -0.3 is 19.7 Å². The van der Waals surface area contributed by atoms with Gasteiger partial charge in [-0.3, -0.25) is 28.8 Å². The van der Waals surface area contributed by atoms with Gasteiger partial charge in [-0.05, 0) is 69.2 Å². The maximum Gasteiger partial charge on any atom is 0.410 e. The summed E-state index contributed by atoms with van der Waals surface area (Å²) >= 11 is 0. The van der Waals surface area contributed by atoms with Gasteiger partial charge >= 0.3 is 12.1 Å². The molecule has 2 saturated carbocycles. The summed E-state index contributed by atoms with van der Waals surface area (Å²) < 4.78 is 68.8. The van der Waals surface area contributed by atoms with Crippen LogP contribution in [0.25, 0.3) is 0 Å². The number of esters is 1. The number of hydrogen-bond acceptors (Lipinski definition) is 9. The number of ether oxygens (including phenoxy) is 2. The van der Waals surface area contributed by atoms with Gasteiger partial charge in [0.15, 0.2) is 0 Å². The first-order valence-electron chi connectivity index (χ1n) is 17.8. The second-order valence-corrected chi connectivity index (χ2v) is 16.7. The van der Waals surface area contributed by atoms with Crippen molar-refractivity contribution in [3.63, 3.8) is 0 Å². The predicted molar refractivity (Wildman–Crippen MR) is 181 cm³/mol. The van der Waals surface area contributed by atoms with Crippen molar-refractivity contribution in [1.82, 2.24) is 19.8 Å². The topological polar surface area (TPSA) is 168 Å². The number of fused-ring (bicyclic) bond motifs is 3. The number of carbonyl (C=O) groups excluding carboxylic acids is 5. The Hall–Kier alpha value is -4.30. The molecule has 282 valence electrons. The van der Waals surface area contributed by atoms with Gasteiger partial charge in [-0.25, -0.2) is 22.0 Å². The summed E-state index contributed by atoms with van der Waals surface area (Å²) in [6, 6.07) is 6.16. The number of rotatable bonds is 7. The fourth-order valence-corrected chi connectivity index (χ4v) is 8.47. The van der Waals surface area contributed by atoms with Crippen LogP contribution in [0, 0.1) is 11.8 Å². The molecule has 1 aromatic rings. The van der Waals surface area contributed by atoms with E-state index in [4.69, 9.17) is 9.47 Å². The number of hydrogen-bond donors (Lipinski definition) is 2. The van der Waals surface area contributed by atoms with Gasteiger partial charge in [-0.2, -0.15) is 0 Å². The van der Waals surface area contributed by atoms with Crippen LogP contribution in [0.2, 0.25) is 0 Å². The van der Waals surface area contributed by atoms with Crippen LogP contribution < -0.4 is 10.0 Å². The van der Waals surface area contributed by atoms with Crippen molar-refractivity contribution in [2.24, 2.45) is 11.8 Å². The molecule has 52 heavy (non-hydrogen) atoms. The molecule has 5 aliphatic rings. The molecule has 4 amide bonds. The SMILES string of the molecule is CC(C)OC(=O)C[C@H]1CCC(F)(F)CCC=C=C[C@@H]2C[C@@]2(C(=O)NS(=O)(=O)C2CC2)NC(=O)[C@@H]2C[C@@H](OC(=O)N3Cc4ccccc4C3)CN2C1=O. The summed E-state index contributed by atoms with van der Waals surface area (Å²) in [6.07, 6.45) is -1.07. The largest absolute Gasteiger partial charge is 0.463 e. The molecule has 2 aliphatic carbocycles. The molecule has 13 nitrogen and oxygen atoms in total. The lowest BCUT2D eigenvalue weighted by atomic mass is 9.93. The molecule has 1 aromatic carbocycles. The lowest BCUT2D eigenvalue weighted by Gasteiger charge is -2.30. The van der Waals surface area contributed by atoms with E-state index in [1.54, 1.807) is 13.8 Å². The van der Waals surface area contributed by atoms with Crippen molar-refractivity contribution < 1.29 is 50.6 Å². The first-order valence-corrected chi connectivity index (χ1v) is 19.3. The maximum atomic E-state index is 15.1. The monoisotopic (exact) mass is 746 g/mol. The van der Waals surface area contributed by atoms with E-state index in [-0.39, 0.29) is 25.8 Å². The molecule has 3 aliphatic heterocycles. The van der Waals surface area contributed by atoms with E-state index in [0.29, 0.717) is 25.9 Å². The highest BCUT2D eigenvalue weighted by atomic mass is 32.2. The van der Waals surface area contributed by atoms with Crippen LogP contribution in [0.3, 0.4) is 0 Å². The molecule has 2 N–H and O–H groups in total. The molecule has 3 fully saturated rings. The Bertz CT molecular complexity index is 1770. The van der Waals surface area contributed by atoms with Crippen molar-refractivity contribution in [3.05, 3.63) is 53.3 Å². The Labute approximate surface area is 301 Å². The zero-order valence-corrected chi connectivity index (χ0v) is 30.0. The molecule has 0 bridgehead atoms. The van der Waals surface area contributed by atoms with E-state index in [1.807, 2.05) is 24.3 Å². The molecule has 5 atom stereocenters. The van der Waals surface area contributed by atoms with Crippen LogP contribution in [0.5, 0.6) is 0 Å². The second-order valence-electron chi connectivity index (χ2n) is 14.7. The maximum absolute atomic E-state index is 15.1. The number of sulfonamides is 1. The number of alkyl halides is 2. The van der Waals surface area contributed by atoms with Gasteiger partial charge in [0.2, 0.25) is 27.8 Å². The summed E-state index contributed by atoms with van der Waals surface area (Å²) in [4.78, 5) is 70.7. The van der Waals surface area contributed by atoms with Crippen molar-refractivity contribution in [2.45, 2.75) is 120 Å². The van der Waals surface area contributed by atoms with Gasteiger partial charge in [0.05, 0.1) is 24.3 Å². The van der Waals surface area contributed by atoms with Crippen molar-refractivity contribution in [3.8, 4) is 0 Å². The van der Waals surface area contributed by atoms with Gasteiger partial charge in [-0.1, -0.05) is 24.3 Å². The Morgan fingerprint density at radius 1 is 1.08 bits per heavy atom. The van der Waals surface area contributed by atoms with E-state index in [9.17, 15) is 32.4 Å². The highest BCUT2D eigenvalue weighted by molar-refractivity contribution is 7.91. The van der Waals surface area contributed by atoms with E-state index in [1.165, 1.54) is 17.1 Å². The summed E-state index contributed by atoms with van der Waals surface area (Å²) in [6.45, 7) is 3.54. The van der Waals surface area contributed by atoms with E-state index >= 15 is 8.78 Å². The van der Waals surface area contributed by atoms with E-state index < -0.39 is 112 Å². The fraction of sp³-hybridized carbons (Fsp3) is 0.611. The third-order valence-electron chi connectivity index (χ3n) is 10.2. The fourth-order valence-electron chi connectivity index (χ4n) is 7.11. The number of halogens is 2. The average Bonchev–Trinajstić information content (AvgIpc) is 3.96. The van der Waals surface area contributed by atoms with Crippen LogP contribution >= 0.6 is 0 Å². The molecule has 0 unspecified atom stereocenters. The summed E-state index contributed by atoms with van der Waals surface area (Å²) in [7, 11) is -4.00. The van der Waals surface area contributed by atoms with Crippen molar-refractivity contribution in [2.75, 3.05) is 6.54 Å². The smallest absolute Gasteiger partial charge is 0.410 e. The summed E-state index contributed by atoms with van der Waals surface area (Å²) in [5, 5.41) is 1.98. The zero-order chi connectivity index (χ0) is 37.4. The molecule has 16 heteroatoms. The van der Waals surface area contributed by atoms with Gasteiger partial charge in [0.1, 0.15) is 17.7 Å². The molecule has 0 spiro atoms. The van der Waals surface area contributed by atoms with Gasteiger partial charge in [0.25, 0.3) is 5.91 Å². The number of nitrogens with one attached hydrogen (secondary N) is 2. The van der Waals surface area contributed by atoms with Gasteiger partial charge in [0, 0.05) is 44.2 Å².